The van der Waals surface area contributed by atoms with E-state index in [-0.39, 0.29) is 25.5 Å². The topological polar surface area (TPSA) is 82.4 Å². The molecule has 1 aliphatic carbocycles. The largest absolute Gasteiger partial charge is 0.445 e. The molecule has 0 saturated carbocycles. The van der Waals surface area contributed by atoms with E-state index in [0.717, 1.165) is 23.1 Å². The van der Waals surface area contributed by atoms with Crippen LogP contribution >= 0.6 is 0 Å². The van der Waals surface area contributed by atoms with Crippen LogP contribution in [-0.2, 0) is 22.6 Å². The standard InChI is InChI=1S/C26H28FN3O3/c1-3-16(2)24(25(31)30-14-19(27)12-20(30)13-28)29-26(32)33-15-18-8-6-10-22-21-9-5-4-7-17(21)11-23(18)22/h4-10,16,19-20,24H,3,11-12,14-15H2,1-2H3,(H,29,32)/t16-,19+,20-,24-/m0/s1. The zero-order valence-electron chi connectivity index (χ0n) is 18.9. The molecule has 1 aliphatic heterocycles. The van der Waals surface area contributed by atoms with Crippen LogP contribution in [0.5, 0.6) is 0 Å². The van der Waals surface area contributed by atoms with E-state index < -0.39 is 30.3 Å². The van der Waals surface area contributed by atoms with Gasteiger partial charge in [-0.3, -0.25) is 4.79 Å². The molecule has 0 aromatic heterocycles. The van der Waals surface area contributed by atoms with Crippen molar-refractivity contribution in [2.24, 2.45) is 5.92 Å². The van der Waals surface area contributed by atoms with Gasteiger partial charge in [-0.2, -0.15) is 5.26 Å². The predicted molar refractivity (Wildman–Crippen MR) is 122 cm³/mol. The van der Waals surface area contributed by atoms with Crippen LogP contribution in [0.1, 0.15) is 43.4 Å². The second-order valence-corrected chi connectivity index (χ2v) is 8.83. The lowest BCUT2D eigenvalue weighted by Gasteiger charge is -2.29. The summed E-state index contributed by atoms with van der Waals surface area (Å²) in [6, 6.07) is 14.5. The smallest absolute Gasteiger partial charge is 0.408 e. The maximum absolute atomic E-state index is 13.8. The molecular weight excluding hydrogens is 421 g/mol. The molecule has 1 N–H and O–H groups in total. The van der Waals surface area contributed by atoms with Crippen molar-refractivity contribution in [3.05, 3.63) is 59.2 Å². The molecule has 1 saturated heterocycles. The first-order valence-corrected chi connectivity index (χ1v) is 11.4. The Kier molecular flexibility index (Phi) is 6.64. The monoisotopic (exact) mass is 449 g/mol. The highest BCUT2D eigenvalue weighted by molar-refractivity contribution is 5.87. The highest BCUT2D eigenvalue weighted by atomic mass is 19.1. The Bertz CT molecular complexity index is 1100. The summed E-state index contributed by atoms with van der Waals surface area (Å²) in [6.45, 7) is 3.71. The maximum atomic E-state index is 13.8. The maximum Gasteiger partial charge on any atom is 0.408 e. The Hall–Kier alpha value is -3.40. The molecule has 4 rings (SSSR count). The first-order valence-electron chi connectivity index (χ1n) is 11.4. The summed E-state index contributed by atoms with van der Waals surface area (Å²) in [5.74, 6) is -0.637. The third-order valence-corrected chi connectivity index (χ3v) is 6.74. The number of alkyl carbamates (subject to hydrolysis) is 1. The summed E-state index contributed by atoms with van der Waals surface area (Å²) < 4.78 is 19.3. The van der Waals surface area contributed by atoms with Crippen molar-refractivity contribution in [2.75, 3.05) is 6.54 Å². The molecule has 2 aromatic rings. The van der Waals surface area contributed by atoms with Crippen molar-refractivity contribution in [3.63, 3.8) is 0 Å². The number of amides is 2. The molecule has 0 spiro atoms. The number of halogens is 1. The summed E-state index contributed by atoms with van der Waals surface area (Å²) >= 11 is 0. The Morgan fingerprint density at radius 2 is 2.00 bits per heavy atom. The molecule has 172 valence electrons. The normalized spacial score (nSPS) is 20.4. The van der Waals surface area contributed by atoms with E-state index in [1.807, 2.05) is 44.2 Å². The number of nitrogens with zero attached hydrogens (tertiary/aromatic N) is 2. The van der Waals surface area contributed by atoms with E-state index in [1.54, 1.807) is 0 Å². The second-order valence-electron chi connectivity index (χ2n) is 8.83. The SMILES string of the molecule is CC[C@H](C)[C@H](NC(=O)OCc1cccc2c1Cc1ccccc1-2)C(=O)N1C[C@H](F)C[C@H]1C#N. The van der Waals surface area contributed by atoms with Gasteiger partial charge < -0.3 is 15.0 Å². The van der Waals surface area contributed by atoms with Gasteiger partial charge in [-0.25, -0.2) is 9.18 Å². The van der Waals surface area contributed by atoms with Gasteiger partial charge in [0.2, 0.25) is 5.91 Å². The summed E-state index contributed by atoms with van der Waals surface area (Å²) in [4.78, 5) is 27.0. The lowest BCUT2D eigenvalue weighted by molar-refractivity contribution is -0.134. The number of alkyl halides is 1. The van der Waals surface area contributed by atoms with Gasteiger partial charge in [0.05, 0.1) is 12.6 Å². The molecule has 0 unspecified atom stereocenters. The molecule has 4 atom stereocenters. The van der Waals surface area contributed by atoms with E-state index in [1.165, 1.54) is 16.0 Å². The third-order valence-electron chi connectivity index (χ3n) is 6.74. The van der Waals surface area contributed by atoms with E-state index >= 15 is 0 Å². The highest BCUT2D eigenvalue weighted by Crippen LogP contribution is 2.38. The van der Waals surface area contributed by atoms with Crippen LogP contribution in [0.4, 0.5) is 9.18 Å². The van der Waals surface area contributed by atoms with E-state index in [0.29, 0.717) is 6.42 Å². The fourth-order valence-corrected chi connectivity index (χ4v) is 4.68. The van der Waals surface area contributed by atoms with E-state index in [2.05, 4.69) is 23.5 Å². The van der Waals surface area contributed by atoms with Gasteiger partial charge in [-0.05, 0) is 40.2 Å². The number of rotatable bonds is 6. The molecule has 33 heavy (non-hydrogen) atoms. The number of likely N-dealkylation sites (tertiary alicyclic amines) is 1. The van der Waals surface area contributed by atoms with Crippen molar-refractivity contribution >= 4 is 12.0 Å². The first-order chi connectivity index (χ1) is 15.9. The van der Waals surface area contributed by atoms with Crippen LogP contribution < -0.4 is 5.32 Å². The van der Waals surface area contributed by atoms with Crippen LogP contribution in [-0.4, -0.2) is 41.7 Å². The summed E-state index contributed by atoms with van der Waals surface area (Å²) in [5.41, 5.74) is 5.66. The quantitative estimate of drug-likeness (QED) is 0.606. The van der Waals surface area contributed by atoms with Crippen LogP contribution in [0.15, 0.2) is 42.5 Å². The molecule has 7 heteroatoms. The van der Waals surface area contributed by atoms with Crippen molar-refractivity contribution in [3.8, 4) is 17.2 Å². The molecule has 6 nitrogen and oxygen atoms in total. The summed E-state index contributed by atoms with van der Waals surface area (Å²) in [6.07, 6.45) is -0.513. The average molecular weight is 450 g/mol. The minimum absolute atomic E-state index is 0.00141. The Morgan fingerprint density at radius 3 is 2.76 bits per heavy atom. The molecule has 1 heterocycles. The van der Waals surface area contributed by atoms with E-state index in [4.69, 9.17) is 4.74 Å². The lowest BCUT2D eigenvalue weighted by Crippen LogP contribution is -2.53. The Balaban J connectivity index is 1.43. The summed E-state index contributed by atoms with van der Waals surface area (Å²) in [5, 5.41) is 12.0. The van der Waals surface area contributed by atoms with Gasteiger partial charge in [0.25, 0.3) is 0 Å². The highest BCUT2D eigenvalue weighted by Gasteiger charge is 2.40. The fourth-order valence-electron chi connectivity index (χ4n) is 4.68. The molecule has 2 aromatic carbocycles. The summed E-state index contributed by atoms with van der Waals surface area (Å²) in [7, 11) is 0. The molecule has 0 radical (unpaired) electrons. The van der Waals surface area contributed by atoms with Crippen molar-refractivity contribution < 1.29 is 18.7 Å². The molecule has 2 aliphatic rings. The van der Waals surface area contributed by atoms with Crippen LogP contribution in [0.3, 0.4) is 0 Å². The van der Waals surface area contributed by atoms with Crippen LogP contribution in [0.25, 0.3) is 11.1 Å². The average Bonchev–Trinajstić information content (AvgIpc) is 3.40. The van der Waals surface area contributed by atoms with Crippen LogP contribution in [0, 0.1) is 17.2 Å². The molecular formula is C26H28FN3O3. The van der Waals surface area contributed by atoms with Gasteiger partial charge in [0.15, 0.2) is 0 Å². The van der Waals surface area contributed by atoms with Crippen molar-refractivity contribution in [2.45, 2.75) is 58.0 Å². The van der Waals surface area contributed by atoms with Crippen LogP contribution in [0.2, 0.25) is 0 Å². The molecule has 1 fully saturated rings. The number of benzene rings is 2. The molecule has 0 bridgehead atoms. The minimum atomic E-state index is -1.23. The minimum Gasteiger partial charge on any atom is -0.445 e. The number of ether oxygens (including phenoxy) is 1. The number of carbonyl (C=O) groups excluding carboxylic acids is 2. The molecule has 2 amide bonds. The number of carbonyl (C=O) groups is 2. The zero-order chi connectivity index (χ0) is 23.5. The third kappa shape index (κ3) is 4.56. The van der Waals surface area contributed by atoms with Crippen molar-refractivity contribution in [1.82, 2.24) is 10.2 Å². The van der Waals surface area contributed by atoms with Gasteiger partial charge in [-0.15, -0.1) is 0 Å². The first kappa shape index (κ1) is 22.8. The van der Waals surface area contributed by atoms with Crippen molar-refractivity contribution in [1.29, 1.82) is 5.26 Å². The van der Waals surface area contributed by atoms with Gasteiger partial charge >= 0.3 is 6.09 Å². The van der Waals surface area contributed by atoms with E-state index in [9.17, 15) is 19.2 Å². The zero-order valence-corrected chi connectivity index (χ0v) is 18.9. The number of hydrogen-bond donors (Lipinski definition) is 1. The number of nitriles is 1. The van der Waals surface area contributed by atoms with Gasteiger partial charge in [-0.1, -0.05) is 62.7 Å². The predicted octanol–water partition coefficient (Wildman–Crippen LogP) is 4.36. The number of nitrogens with one attached hydrogen (secondary N) is 1. The Morgan fingerprint density at radius 1 is 1.24 bits per heavy atom. The number of hydrogen-bond acceptors (Lipinski definition) is 4. The van der Waals surface area contributed by atoms with Gasteiger partial charge in [0.1, 0.15) is 24.9 Å². The Labute approximate surface area is 193 Å². The lowest BCUT2D eigenvalue weighted by atomic mass is 9.97. The fraction of sp³-hybridized carbons (Fsp3) is 0.423. The number of fused-ring (bicyclic) bond motifs is 3. The second kappa shape index (κ2) is 9.62. The van der Waals surface area contributed by atoms with Gasteiger partial charge in [0, 0.05) is 6.42 Å².